The summed E-state index contributed by atoms with van der Waals surface area (Å²) in [6, 6.07) is 4.11. The molecule has 1 N–H and O–H groups in total. The molecule has 0 aliphatic carbocycles. The lowest BCUT2D eigenvalue weighted by molar-refractivity contribution is -0.384. The average molecular weight is 434 g/mol. The number of nitrogens with one attached hydrogen (secondary N) is 1. The van der Waals surface area contributed by atoms with Crippen LogP contribution in [0.1, 0.15) is 28.8 Å². The largest absolute Gasteiger partial charge is 0.462 e. The number of benzene rings is 1. The summed E-state index contributed by atoms with van der Waals surface area (Å²) >= 11 is 7.19. The van der Waals surface area contributed by atoms with Crippen molar-refractivity contribution in [2.75, 3.05) is 6.61 Å². The third-order valence-corrected chi connectivity index (χ3v) is 5.69. The van der Waals surface area contributed by atoms with E-state index in [4.69, 9.17) is 16.3 Å². The van der Waals surface area contributed by atoms with Crippen molar-refractivity contribution < 1.29 is 14.5 Å². The van der Waals surface area contributed by atoms with E-state index >= 15 is 0 Å². The molecule has 0 unspecified atom stereocenters. The molecule has 0 atom stereocenters. The van der Waals surface area contributed by atoms with Gasteiger partial charge in [-0.2, -0.15) is 0 Å². The van der Waals surface area contributed by atoms with Gasteiger partial charge in [-0.15, -0.1) is 11.3 Å². The zero-order valence-electron chi connectivity index (χ0n) is 15.7. The zero-order valence-corrected chi connectivity index (χ0v) is 17.3. The van der Waals surface area contributed by atoms with Gasteiger partial charge < -0.3 is 9.72 Å². The van der Waals surface area contributed by atoms with Crippen LogP contribution in [-0.2, 0) is 9.53 Å². The molecule has 29 heavy (non-hydrogen) atoms. The molecule has 10 heteroatoms. The number of esters is 1. The second-order valence-electron chi connectivity index (χ2n) is 6.12. The highest BCUT2D eigenvalue weighted by atomic mass is 35.5. The van der Waals surface area contributed by atoms with Crippen LogP contribution in [0, 0.1) is 24.0 Å². The Morgan fingerprint density at radius 3 is 2.79 bits per heavy atom. The van der Waals surface area contributed by atoms with Gasteiger partial charge in [0.2, 0.25) is 0 Å². The van der Waals surface area contributed by atoms with Gasteiger partial charge in [-0.05, 0) is 44.0 Å². The molecular formula is C19H16ClN3O5S. The quantitative estimate of drug-likeness (QED) is 0.278. The lowest BCUT2D eigenvalue weighted by Crippen LogP contribution is -2.15. The molecule has 3 rings (SSSR count). The molecule has 0 aliphatic heterocycles. The van der Waals surface area contributed by atoms with E-state index in [-0.39, 0.29) is 34.3 Å². The molecule has 2 heterocycles. The molecule has 2 aromatic heterocycles. The predicted molar refractivity (Wildman–Crippen MR) is 112 cm³/mol. The van der Waals surface area contributed by atoms with Crippen LogP contribution in [-0.4, -0.2) is 27.5 Å². The van der Waals surface area contributed by atoms with E-state index in [2.05, 4.69) is 9.97 Å². The fraction of sp³-hybridized carbons (Fsp3) is 0.211. The summed E-state index contributed by atoms with van der Waals surface area (Å²) in [5.74, 6) is -0.683. The maximum absolute atomic E-state index is 12.6. The first-order valence-corrected chi connectivity index (χ1v) is 9.75. The fourth-order valence-electron chi connectivity index (χ4n) is 2.74. The van der Waals surface area contributed by atoms with E-state index in [0.29, 0.717) is 15.8 Å². The number of fused-ring (bicyclic) bond motifs is 1. The number of aromatic amines is 1. The molecule has 0 spiro atoms. The van der Waals surface area contributed by atoms with Gasteiger partial charge in [0.05, 0.1) is 16.9 Å². The van der Waals surface area contributed by atoms with E-state index in [1.54, 1.807) is 6.92 Å². The number of nitrogens with zero attached hydrogens (tertiary/aromatic N) is 2. The number of ether oxygens (including phenoxy) is 1. The van der Waals surface area contributed by atoms with Crippen molar-refractivity contribution in [2.45, 2.75) is 20.8 Å². The van der Waals surface area contributed by atoms with Crippen molar-refractivity contribution in [1.82, 2.24) is 9.97 Å². The monoisotopic (exact) mass is 433 g/mol. The number of carbonyl (C=O) groups is 1. The lowest BCUT2D eigenvalue weighted by atomic mass is 10.1. The van der Waals surface area contributed by atoms with Crippen LogP contribution < -0.4 is 5.56 Å². The summed E-state index contributed by atoms with van der Waals surface area (Å²) in [6.45, 7) is 5.48. The first-order valence-electron chi connectivity index (χ1n) is 8.56. The number of H-pyrrole nitrogens is 1. The summed E-state index contributed by atoms with van der Waals surface area (Å²) in [5.41, 5.74) is 0.478. The highest BCUT2D eigenvalue weighted by Gasteiger charge is 2.20. The van der Waals surface area contributed by atoms with Crippen molar-refractivity contribution in [3.63, 3.8) is 0 Å². The molecule has 0 fully saturated rings. The number of nitro groups is 1. The Morgan fingerprint density at radius 1 is 1.41 bits per heavy atom. The highest BCUT2D eigenvalue weighted by Crippen LogP contribution is 2.29. The van der Waals surface area contributed by atoms with Crippen LogP contribution >= 0.6 is 22.9 Å². The molecule has 3 aromatic rings. The van der Waals surface area contributed by atoms with Crippen LogP contribution in [0.2, 0.25) is 5.02 Å². The van der Waals surface area contributed by atoms with Crippen LogP contribution in [0.15, 0.2) is 23.0 Å². The third kappa shape index (κ3) is 4.06. The Labute approximate surface area is 174 Å². The van der Waals surface area contributed by atoms with Crippen molar-refractivity contribution in [2.24, 2.45) is 0 Å². The third-order valence-electron chi connectivity index (χ3n) is 4.27. The Morgan fingerprint density at radius 2 is 2.14 bits per heavy atom. The van der Waals surface area contributed by atoms with Crippen molar-refractivity contribution >= 4 is 56.5 Å². The van der Waals surface area contributed by atoms with Gasteiger partial charge in [0.15, 0.2) is 0 Å². The molecule has 0 amide bonds. The topological polar surface area (TPSA) is 115 Å². The minimum Gasteiger partial charge on any atom is -0.462 e. The Hall–Kier alpha value is -3.04. The van der Waals surface area contributed by atoms with Gasteiger partial charge in [-0.25, -0.2) is 9.78 Å². The van der Waals surface area contributed by atoms with Gasteiger partial charge in [0, 0.05) is 10.9 Å². The predicted octanol–water partition coefficient (Wildman–Crippen LogP) is 4.27. The average Bonchev–Trinajstić information content (AvgIpc) is 2.95. The molecule has 0 bridgehead atoms. The van der Waals surface area contributed by atoms with Gasteiger partial charge in [-0.1, -0.05) is 17.7 Å². The Bertz CT molecular complexity index is 1230. The van der Waals surface area contributed by atoms with Crippen LogP contribution in [0.4, 0.5) is 5.69 Å². The standard InChI is InChI=1S/C19H16ClN3O5S/c1-4-28-19(25)12(7-11-5-6-13(20)14(8-11)23(26)27)16-21-17(24)15-9(2)10(3)29-18(15)22-16/h5-8H,4H2,1-3H3,(H,21,22,24)/b12-7+. The van der Waals surface area contributed by atoms with E-state index in [1.807, 2.05) is 13.8 Å². The number of rotatable bonds is 5. The fourth-order valence-corrected chi connectivity index (χ4v) is 3.96. The van der Waals surface area contributed by atoms with E-state index in [1.165, 1.54) is 35.6 Å². The summed E-state index contributed by atoms with van der Waals surface area (Å²) in [5, 5.41) is 11.6. The van der Waals surface area contributed by atoms with Crippen LogP contribution in [0.5, 0.6) is 0 Å². The first kappa shape index (κ1) is 20.7. The maximum Gasteiger partial charge on any atom is 0.341 e. The summed E-state index contributed by atoms with van der Waals surface area (Å²) < 4.78 is 5.09. The summed E-state index contributed by atoms with van der Waals surface area (Å²) in [6.07, 6.45) is 1.37. The number of halogens is 1. The van der Waals surface area contributed by atoms with E-state index in [0.717, 1.165) is 10.4 Å². The van der Waals surface area contributed by atoms with E-state index in [9.17, 15) is 19.7 Å². The van der Waals surface area contributed by atoms with Crippen LogP contribution in [0.25, 0.3) is 21.9 Å². The molecule has 0 radical (unpaired) electrons. The number of hydrogen-bond donors (Lipinski definition) is 1. The molecule has 1 aromatic carbocycles. The molecule has 0 saturated carbocycles. The van der Waals surface area contributed by atoms with Crippen LogP contribution in [0.3, 0.4) is 0 Å². The van der Waals surface area contributed by atoms with Gasteiger partial charge in [-0.3, -0.25) is 14.9 Å². The van der Waals surface area contributed by atoms with Gasteiger partial charge >= 0.3 is 5.97 Å². The molecular weight excluding hydrogens is 418 g/mol. The van der Waals surface area contributed by atoms with Gasteiger partial charge in [0.1, 0.15) is 21.3 Å². The van der Waals surface area contributed by atoms with Crippen molar-refractivity contribution in [1.29, 1.82) is 0 Å². The lowest BCUT2D eigenvalue weighted by Gasteiger charge is -2.07. The Kier molecular flexibility index (Phi) is 5.81. The van der Waals surface area contributed by atoms with E-state index < -0.39 is 10.9 Å². The highest BCUT2D eigenvalue weighted by molar-refractivity contribution is 7.18. The number of aryl methyl sites for hydroxylation is 2. The number of aromatic nitrogens is 2. The number of thiophene rings is 1. The maximum atomic E-state index is 12.6. The molecule has 8 nitrogen and oxygen atoms in total. The number of nitro benzene ring substituents is 1. The second kappa shape index (κ2) is 8.14. The number of hydrogen-bond acceptors (Lipinski definition) is 7. The summed E-state index contributed by atoms with van der Waals surface area (Å²) in [7, 11) is 0. The summed E-state index contributed by atoms with van der Waals surface area (Å²) in [4.78, 5) is 44.1. The SMILES string of the molecule is CCOC(=O)/C(=C/c1ccc(Cl)c([N+](=O)[O-])c1)c1nc2sc(C)c(C)c2c(=O)[nH]1. The molecule has 150 valence electrons. The molecule has 0 aliphatic rings. The molecule has 0 saturated heterocycles. The smallest absolute Gasteiger partial charge is 0.341 e. The van der Waals surface area contributed by atoms with Crippen molar-refractivity contribution in [3.05, 3.63) is 65.5 Å². The second-order valence-corrected chi connectivity index (χ2v) is 7.73. The van der Waals surface area contributed by atoms with Crippen molar-refractivity contribution in [3.8, 4) is 0 Å². The zero-order chi connectivity index (χ0) is 21.3. The first-order chi connectivity index (χ1) is 13.7. The van der Waals surface area contributed by atoms with Gasteiger partial charge in [0.25, 0.3) is 11.2 Å². The minimum absolute atomic E-state index is 0.0221. The minimum atomic E-state index is -0.711. The number of carbonyl (C=O) groups excluding carboxylic acids is 1. The normalized spacial score (nSPS) is 11.7. The Balaban J connectivity index is 2.21.